The monoisotopic (exact) mass is 582 g/mol. The number of unbranched alkanes of at least 4 members (excludes halogenated alkanes) is 2. The van der Waals surface area contributed by atoms with Crippen LogP contribution < -0.4 is 26.8 Å². The summed E-state index contributed by atoms with van der Waals surface area (Å²) in [7, 11) is 1.50. The summed E-state index contributed by atoms with van der Waals surface area (Å²) in [6.07, 6.45) is 7.53. The van der Waals surface area contributed by atoms with E-state index in [4.69, 9.17) is 38.0 Å². The topological polar surface area (TPSA) is 203 Å². The van der Waals surface area contributed by atoms with Crippen molar-refractivity contribution >= 4 is 62.1 Å². The van der Waals surface area contributed by atoms with Crippen molar-refractivity contribution in [2.45, 2.75) is 77.3 Å². The summed E-state index contributed by atoms with van der Waals surface area (Å²) in [4.78, 5) is 8.04. The zero-order valence-corrected chi connectivity index (χ0v) is 24.5. The van der Waals surface area contributed by atoms with Gasteiger partial charge in [-0.2, -0.15) is 37.0 Å². The Balaban J connectivity index is 0. The molecule has 0 fully saturated rings. The molecule has 13 nitrogen and oxygen atoms in total. The molecule has 8 N–H and O–H groups in total. The van der Waals surface area contributed by atoms with Crippen LogP contribution in [0.2, 0.25) is 5.15 Å². The molecule has 2 aromatic rings. The second-order valence-electron chi connectivity index (χ2n) is 7.83. The smallest absolute Gasteiger partial charge is 0.276 e. The summed E-state index contributed by atoms with van der Waals surface area (Å²) in [5, 5.41) is 39.2. The number of aromatic nitrogens is 6. The van der Waals surface area contributed by atoms with E-state index in [0.29, 0.717) is 30.4 Å². The van der Waals surface area contributed by atoms with Crippen LogP contribution in [0.15, 0.2) is 0 Å². The predicted molar refractivity (Wildman–Crippen MR) is 158 cm³/mol. The van der Waals surface area contributed by atoms with Gasteiger partial charge in [0.05, 0.1) is 7.11 Å². The fourth-order valence-electron chi connectivity index (χ4n) is 3.15. The first-order valence-corrected chi connectivity index (χ1v) is 12.2. The largest absolute Gasteiger partial charge is 0.477 e. The molecule has 0 aliphatic carbocycles. The van der Waals surface area contributed by atoms with Gasteiger partial charge in [0.1, 0.15) is 0 Å². The molecule has 0 unspecified atom stereocenters. The fourth-order valence-corrected chi connectivity index (χ4v) is 3.29. The lowest BCUT2D eigenvalue weighted by Crippen LogP contribution is -2.22. The number of hydrogen-bond acceptors (Lipinski definition) is 13. The van der Waals surface area contributed by atoms with Crippen molar-refractivity contribution in [1.29, 1.82) is 0 Å². The normalized spacial score (nSPS) is 11.6. The number of rotatable bonds is 15. The third-order valence-corrected chi connectivity index (χ3v) is 5.23. The number of nitrogens with one attached hydrogen (secondary N) is 2. The number of nitrogen functional groups attached to an aromatic ring is 2. The summed E-state index contributed by atoms with van der Waals surface area (Å²) < 4.78 is 5.07. The van der Waals surface area contributed by atoms with Gasteiger partial charge >= 0.3 is 0 Å². The maximum absolute atomic E-state index is 9.05. The number of nitrogens with zero attached hydrogens (tertiary/aromatic N) is 6. The maximum Gasteiger partial charge on any atom is 0.276 e. The molecule has 37 heavy (non-hydrogen) atoms. The summed E-state index contributed by atoms with van der Waals surface area (Å²) in [5.74, 6) is 1.38. The molecule has 0 saturated carbocycles. The van der Waals surface area contributed by atoms with Crippen LogP contribution >= 0.6 is 38.6 Å². The molecule has 2 aromatic heterocycles. The molecule has 0 bridgehead atoms. The summed E-state index contributed by atoms with van der Waals surface area (Å²) >= 11 is 5.86. The number of halogens is 1. The third-order valence-electron chi connectivity index (χ3n) is 4.98. The Kier molecular flexibility index (Phi) is 22.0. The van der Waals surface area contributed by atoms with Crippen LogP contribution in [-0.2, 0) is 0 Å². The van der Waals surface area contributed by atoms with Gasteiger partial charge in [-0.25, -0.2) is 0 Å². The zero-order chi connectivity index (χ0) is 26.1. The number of aliphatic hydroxyl groups is 2. The highest BCUT2D eigenvalue weighted by atomic mass is 35.5. The second-order valence-corrected chi connectivity index (χ2v) is 8.19. The van der Waals surface area contributed by atoms with Gasteiger partial charge in [0.15, 0.2) is 16.8 Å². The molecule has 16 heteroatoms. The number of nitrogens with two attached hydrogens (primary N) is 2. The minimum absolute atomic E-state index is 0. The number of ether oxygens (including phenoxy) is 1. The lowest BCUT2D eigenvalue weighted by atomic mass is 10.1. The zero-order valence-electron chi connectivity index (χ0n) is 21.7. The standard InChI is InChI=1S/C11H21N5O2.C10H18ClN5O.2H2S/c1-3-4-5-8(6-7-17)13-9-10(18-2)15-16-11(12)14-9;1-2-3-4-7(5-6-17)13-9-8(11)15-16-10(12)14-9;;/h8,17H,3-7H2,1-2H3,(H3,12,13,14,16);7,17H,2-6H2,1H3,(H3,12,13,14,16);2*1H2/t8-;7-;;/m00../s1. The van der Waals surface area contributed by atoms with Crippen molar-refractivity contribution in [3.63, 3.8) is 0 Å². The van der Waals surface area contributed by atoms with Gasteiger partial charge in [-0.1, -0.05) is 51.1 Å². The molecule has 214 valence electrons. The lowest BCUT2D eigenvalue weighted by Gasteiger charge is -2.18. The van der Waals surface area contributed by atoms with Crippen LogP contribution in [0.5, 0.6) is 5.88 Å². The second kappa shape index (κ2) is 22.0. The van der Waals surface area contributed by atoms with Crippen molar-refractivity contribution < 1.29 is 14.9 Å². The Hall–Kier alpha value is -2.07. The van der Waals surface area contributed by atoms with Crippen molar-refractivity contribution in [2.24, 2.45) is 0 Å². The van der Waals surface area contributed by atoms with Gasteiger partial charge in [-0.15, -0.1) is 20.4 Å². The number of methoxy groups -OCH3 is 1. The van der Waals surface area contributed by atoms with E-state index in [1.54, 1.807) is 0 Å². The first kappa shape index (κ1) is 37.1. The van der Waals surface area contributed by atoms with E-state index in [9.17, 15) is 0 Å². The molecule has 2 rings (SSSR count). The van der Waals surface area contributed by atoms with Crippen LogP contribution in [0.4, 0.5) is 23.5 Å². The highest BCUT2D eigenvalue weighted by Crippen LogP contribution is 2.21. The first-order chi connectivity index (χ1) is 16.9. The Morgan fingerprint density at radius 1 is 0.784 bits per heavy atom. The highest BCUT2D eigenvalue weighted by Gasteiger charge is 2.14. The highest BCUT2D eigenvalue weighted by molar-refractivity contribution is 7.59. The molecule has 0 aliphatic heterocycles. The molecule has 0 spiro atoms. The Morgan fingerprint density at radius 2 is 1.24 bits per heavy atom. The third kappa shape index (κ3) is 15.1. The van der Waals surface area contributed by atoms with E-state index < -0.39 is 0 Å². The Labute approximate surface area is 237 Å². The number of aliphatic hydroxyl groups excluding tert-OH is 2. The average molecular weight is 583 g/mol. The Bertz CT molecular complexity index is 860. The SMILES string of the molecule is CCCC[C@@H](CCO)Nc1nc(N)nnc1Cl.CCCC[C@@H](CCO)Nc1nc(N)nnc1OC.S.S. The van der Waals surface area contributed by atoms with Crippen LogP contribution in [-0.4, -0.2) is 73.0 Å². The van der Waals surface area contributed by atoms with Gasteiger partial charge in [-0.3, -0.25) is 0 Å². The van der Waals surface area contributed by atoms with E-state index >= 15 is 0 Å². The minimum Gasteiger partial charge on any atom is -0.477 e. The van der Waals surface area contributed by atoms with Crippen LogP contribution in [0.1, 0.15) is 65.2 Å². The van der Waals surface area contributed by atoms with Crippen LogP contribution in [0.3, 0.4) is 0 Å². The molecule has 0 aromatic carbocycles. The van der Waals surface area contributed by atoms with Gasteiger partial charge in [-0.05, 0) is 25.7 Å². The van der Waals surface area contributed by atoms with Crippen LogP contribution in [0, 0.1) is 0 Å². The molecular weight excluding hydrogens is 540 g/mol. The van der Waals surface area contributed by atoms with Crippen molar-refractivity contribution in [2.75, 3.05) is 42.4 Å². The van der Waals surface area contributed by atoms with E-state index in [1.165, 1.54) is 7.11 Å². The Morgan fingerprint density at radius 3 is 1.70 bits per heavy atom. The number of anilines is 4. The van der Waals surface area contributed by atoms with Gasteiger partial charge in [0.25, 0.3) is 5.88 Å². The number of hydrogen-bond donors (Lipinski definition) is 6. The average Bonchev–Trinajstić information content (AvgIpc) is 2.84. The van der Waals surface area contributed by atoms with Crippen molar-refractivity contribution in [3.05, 3.63) is 5.15 Å². The van der Waals surface area contributed by atoms with Crippen molar-refractivity contribution in [1.82, 2.24) is 30.4 Å². The van der Waals surface area contributed by atoms with Crippen molar-refractivity contribution in [3.8, 4) is 5.88 Å². The van der Waals surface area contributed by atoms with Gasteiger partial charge < -0.3 is 37.1 Å². The first-order valence-electron chi connectivity index (χ1n) is 11.8. The van der Waals surface area contributed by atoms with Gasteiger partial charge in [0, 0.05) is 25.3 Å². The van der Waals surface area contributed by atoms with E-state index in [1.807, 2.05) is 0 Å². The van der Waals surface area contributed by atoms with Crippen LogP contribution in [0.25, 0.3) is 0 Å². The summed E-state index contributed by atoms with van der Waals surface area (Å²) in [5.41, 5.74) is 10.9. The minimum atomic E-state index is 0. The lowest BCUT2D eigenvalue weighted by molar-refractivity contribution is 0.275. The van der Waals surface area contributed by atoms with E-state index in [2.05, 4.69) is 54.8 Å². The van der Waals surface area contributed by atoms with Gasteiger partial charge in [0.2, 0.25) is 11.9 Å². The van der Waals surface area contributed by atoms with E-state index in [-0.39, 0.29) is 69.3 Å². The predicted octanol–water partition coefficient (Wildman–Crippen LogP) is 2.50. The fraction of sp³-hybridized carbons (Fsp3) is 0.714. The quantitative estimate of drug-likeness (QED) is 0.179. The molecule has 0 aliphatic rings. The van der Waals surface area contributed by atoms with E-state index in [0.717, 1.165) is 38.5 Å². The summed E-state index contributed by atoms with van der Waals surface area (Å²) in [6.45, 7) is 4.48. The maximum atomic E-state index is 9.05. The molecule has 0 saturated heterocycles. The molecular formula is C21H43ClN10O3S2. The molecule has 2 atom stereocenters. The molecule has 0 amide bonds. The molecule has 0 radical (unpaired) electrons. The molecule has 2 heterocycles. The summed E-state index contributed by atoms with van der Waals surface area (Å²) in [6, 6.07) is 0.244.